The lowest BCUT2D eigenvalue weighted by atomic mass is 9.97. The van der Waals surface area contributed by atoms with Gasteiger partial charge < -0.3 is 5.32 Å². The molecule has 0 unspecified atom stereocenters. The number of hydrogen-bond donors (Lipinski definition) is 1. The molecule has 15 heavy (non-hydrogen) atoms. The van der Waals surface area contributed by atoms with Gasteiger partial charge in [0.05, 0.1) is 0 Å². The van der Waals surface area contributed by atoms with Crippen LogP contribution >= 0.6 is 11.3 Å². The van der Waals surface area contributed by atoms with Crippen molar-refractivity contribution in [3.05, 3.63) is 22.4 Å². The van der Waals surface area contributed by atoms with Crippen LogP contribution in [0.5, 0.6) is 0 Å². The first-order valence-electron chi connectivity index (χ1n) is 5.78. The minimum absolute atomic E-state index is 0.898. The zero-order valence-corrected chi connectivity index (χ0v) is 10.2. The maximum atomic E-state index is 3.28. The van der Waals surface area contributed by atoms with E-state index in [1.54, 1.807) is 0 Å². The van der Waals surface area contributed by atoms with Crippen molar-refractivity contribution < 1.29 is 0 Å². The number of thiophene rings is 1. The molecule has 1 aliphatic rings. The highest BCUT2D eigenvalue weighted by molar-refractivity contribution is 7.09. The van der Waals surface area contributed by atoms with Gasteiger partial charge in [0.1, 0.15) is 0 Å². The fourth-order valence-corrected chi connectivity index (χ4v) is 3.01. The summed E-state index contributed by atoms with van der Waals surface area (Å²) in [7, 11) is 2.05. The van der Waals surface area contributed by atoms with E-state index in [0.29, 0.717) is 0 Å². The molecule has 3 heteroatoms. The molecule has 84 valence electrons. The maximum absolute atomic E-state index is 3.28. The van der Waals surface area contributed by atoms with Crippen molar-refractivity contribution >= 4 is 11.3 Å². The quantitative estimate of drug-likeness (QED) is 0.843. The Hall–Kier alpha value is -0.380. The molecule has 0 radical (unpaired) electrons. The first-order valence-corrected chi connectivity index (χ1v) is 6.66. The number of likely N-dealkylation sites (tertiary alicyclic amines) is 1. The molecule has 0 spiro atoms. The summed E-state index contributed by atoms with van der Waals surface area (Å²) in [6.45, 7) is 4.88. The smallest absolute Gasteiger partial charge is 0.0327 e. The Morgan fingerprint density at radius 3 is 2.87 bits per heavy atom. The second kappa shape index (κ2) is 5.64. The zero-order chi connectivity index (χ0) is 10.5. The first kappa shape index (κ1) is 11.1. The van der Waals surface area contributed by atoms with E-state index in [1.165, 1.54) is 37.4 Å². The molecule has 1 N–H and O–H groups in total. The normalized spacial score (nSPS) is 19.5. The van der Waals surface area contributed by atoms with E-state index < -0.39 is 0 Å². The Balaban J connectivity index is 1.74. The first-order chi connectivity index (χ1) is 7.38. The van der Waals surface area contributed by atoms with Gasteiger partial charge in [-0.2, -0.15) is 0 Å². The van der Waals surface area contributed by atoms with Gasteiger partial charge in [0.15, 0.2) is 0 Å². The van der Waals surface area contributed by atoms with Crippen molar-refractivity contribution in [3.8, 4) is 0 Å². The molecule has 2 heterocycles. The summed E-state index contributed by atoms with van der Waals surface area (Å²) in [5.41, 5.74) is 0. The molecule has 0 amide bonds. The fourth-order valence-electron chi connectivity index (χ4n) is 2.26. The second-order valence-electron chi connectivity index (χ2n) is 4.36. The van der Waals surface area contributed by atoms with Crippen molar-refractivity contribution in [3.63, 3.8) is 0 Å². The van der Waals surface area contributed by atoms with Gasteiger partial charge in [0.25, 0.3) is 0 Å². The van der Waals surface area contributed by atoms with E-state index in [4.69, 9.17) is 0 Å². The largest absolute Gasteiger partial charge is 0.319 e. The average molecular weight is 224 g/mol. The van der Waals surface area contributed by atoms with Gasteiger partial charge in [0.2, 0.25) is 0 Å². The van der Waals surface area contributed by atoms with Gasteiger partial charge in [-0.15, -0.1) is 11.3 Å². The van der Waals surface area contributed by atoms with Crippen LogP contribution in [-0.2, 0) is 6.54 Å². The molecule has 2 rings (SSSR count). The molecular weight excluding hydrogens is 204 g/mol. The Morgan fingerprint density at radius 2 is 2.27 bits per heavy atom. The molecule has 0 aromatic carbocycles. The van der Waals surface area contributed by atoms with Crippen molar-refractivity contribution in [1.29, 1.82) is 0 Å². The monoisotopic (exact) mass is 224 g/mol. The summed E-state index contributed by atoms with van der Waals surface area (Å²) in [6, 6.07) is 4.39. The third-order valence-electron chi connectivity index (χ3n) is 3.16. The van der Waals surface area contributed by atoms with Crippen LogP contribution in [0.1, 0.15) is 17.7 Å². The molecule has 0 saturated carbocycles. The van der Waals surface area contributed by atoms with Crippen LogP contribution < -0.4 is 5.32 Å². The standard InChI is InChI=1S/C12H20N2S/c1-13-9-11-4-6-14(7-5-11)10-12-3-2-8-15-12/h2-3,8,11,13H,4-7,9-10H2,1H3. The topological polar surface area (TPSA) is 15.3 Å². The van der Waals surface area contributed by atoms with Crippen molar-refractivity contribution in [1.82, 2.24) is 10.2 Å². The van der Waals surface area contributed by atoms with Gasteiger partial charge in [-0.3, -0.25) is 4.90 Å². The highest BCUT2D eigenvalue weighted by atomic mass is 32.1. The Kier molecular flexibility index (Phi) is 4.18. The summed E-state index contributed by atoms with van der Waals surface area (Å²) in [5.74, 6) is 0.898. The summed E-state index contributed by atoms with van der Waals surface area (Å²) in [5, 5.41) is 5.45. The van der Waals surface area contributed by atoms with Crippen LogP contribution in [0, 0.1) is 5.92 Å². The molecule has 1 saturated heterocycles. The minimum Gasteiger partial charge on any atom is -0.319 e. The lowest BCUT2D eigenvalue weighted by Gasteiger charge is -2.31. The molecule has 1 aromatic heterocycles. The average Bonchev–Trinajstić information content (AvgIpc) is 2.74. The van der Waals surface area contributed by atoms with Gasteiger partial charge in [-0.25, -0.2) is 0 Å². The Morgan fingerprint density at radius 1 is 1.47 bits per heavy atom. The summed E-state index contributed by atoms with van der Waals surface area (Å²) in [4.78, 5) is 4.08. The van der Waals surface area contributed by atoms with Crippen LogP contribution in [0.4, 0.5) is 0 Å². The zero-order valence-electron chi connectivity index (χ0n) is 9.41. The van der Waals surface area contributed by atoms with Gasteiger partial charge >= 0.3 is 0 Å². The SMILES string of the molecule is CNCC1CCN(Cc2cccs2)CC1. The van der Waals surface area contributed by atoms with Crippen LogP contribution in [0.3, 0.4) is 0 Å². The Bertz CT molecular complexity index is 263. The van der Waals surface area contributed by atoms with Crippen molar-refractivity contribution in [2.24, 2.45) is 5.92 Å². The minimum atomic E-state index is 0.898. The van der Waals surface area contributed by atoms with Gasteiger partial charge in [-0.1, -0.05) is 6.07 Å². The lowest BCUT2D eigenvalue weighted by Crippen LogP contribution is -2.36. The maximum Gasteiger partial charge on any atom is 0.0327 e. The molecule has 2 nitrogen and oxygen atoms in total. The van der Waals surface area contributed by atoms with Crippen LogP contribution in [0.15, 0.2) is 17.5 Å². The highest BCUT2D eigenvalue weighted by Crippen LogP contribution is 2.19. The van der Waals surface area contributed by atoms with E-state index in [9.17, 15) is 0 Å². The second-order valence-corrected chi connectivity index (χ2v) is 5.39. The van der Waals surface area contributed by atoms with E-state index in [-0.39, 0.29) is 0 Å². The lowest BCUT2D eigenvalue weighted by molar-refractivity contribution is 0.178. The number of nitrogens with zero attached hydrogens (tertiary/aromatic N) is 1. The number of piperidine rings is 1. The predicted molar refractivity (Wildman–Crippen MR) is 66.2 cm³/mol. The van der Waals surface area contributed by atoms with Crippen LogP contribution in [-0.4, -0.2) is 31.6 Å². The van der Waals surface area contributed by atoms with E-state index in [1.807, 2.05) is 11.3 Å². The summed E-state index contributed by atoms with van der Waals surface area (Å²) >= 11 is 1.87. The molecular formula is C12H20N2S. The van der Waals surface area contributed by atoms with Crippen molar-refractivity contribution in [2.75, 3.05) is 26.7 Å². The van der Waals surface area contributed by atoms with E-state index in [0.717, 1.165) is 12.5 Å². The number of nitrogens with one attached hydrogen (secondary N) is 1. The van der Waals surface area contributed by atoms with Crippen molar-refractivity contribution in [2.45, 2.75) is 19.4 Å². The number of hydrogen-bond acceptors (Lipinski definition) is 3. The summed E-state index contributed by atoms with van der Waals surface area (Å²) in [6.07, 6.45) is 2.71. The predicted octanol–water partition coefficient (Wildman–Crippen LogP) is 2.18. The van der Waals surface area contributed by atoms with Crippen LogP contribution in [0.25, 0.3) is 0 Å². The molecule has 1 fully saturated rings. The molecule has 0 aliphatic carbocycles. The summed E-state index contributed by atoms with van der Waals surface area (Å²) < 4.78 is 0. The van der Waals surface area contributed by atoms with E-state index in [2.05, 4.69) is 34.8 Å². The fraction of sp³-hybridized carbons (Fsp3) is 0.667. The third kappa shape index (κ3) is 3.30. The highest BCUT2D eigenvalue weighted by Gasteiger charge is 2.18. The van der Waals surface area contributed by atoms with Gasteiger partial charge in [-0.05, 0) is 56.9 Å². The molecule has 1 aromatic rings. The Labute approximate surface area is 96.3 Å². The van der Waals surface area contributed by atoms with E-state index >= 15 is 0 Å². The molecule has 1 aliphatic heterocycles. The number of rotatable bonds is 4. The van der Waals surface area contributed by atoms with Crippen LogP contribution in [0.2, 0.25) is 0 Å². The molecule has 0 bridgehead atoms. The third-order valence-corrected chi connectivity index (χ3v) is 4.02. The molecule has 0 atom stereocenters. The van der Waals surface area contributed by atoms with Gasteiger partial charge in [0, 0.05) is 11.4 Å².